The Morgan fingerprint density at radius 2 is 1.91 bits per heavy atom. The van der Waals surface area contributed by atoms with Gasteiger partial charge in [0.05, 0.1) is 34.4 Å². The SMILES string of the molecule is Cc1cc([C@@H](C)Nc2ccc(Cl)nc2C(=O)O)c2nc(Oc3cccc(C#N)c3)c(C#N)nc2c1. The first-order valence-electron chi connectivity index (χ1n) is 10.4. The first kappa shape index (κ1) is 23.4. The first-order chi connectivity index (χ1) is 16.8. The van der Waals surface area contributed by atoms with Crippen molar-refractivity contribution in [1.82, 2.24) is 15.0 Å². The number of carbonyl (C=O) groups is 1. The third kappa shape index (κ3) is 4.96. The monoisotopic (exact) mass is 484 g/mol. The van der Waals surface area contributed by atoms with E-state index in [4.69, 9.17) is 21.6 Å². The molecule has 0 radical (unpaired) electrons. The van der Waals surface area contributed by atoms with Gasteiger partial charge in [-0.2, -0.15) is 10.5 Å². The molecule has 2 aromatic heterocycles. The van der Waals surface area contributed by atoms with E-state index in [2.05, 4.69) is 20.3 Å². The number of nitriles is 2. The Hall–Kier alpha value is -4.73. The number of nitrogens with zero attached hydrogens (tertiary/aromatic N) is 5. The van der Waals surface area contributed by atoms with Crippen molar-refractivity contribution in [3.05, 3.63) is 81.8 Å². The van der Waals surface area contributed by atoms with Crippen LogP contribution in [0, 0.1) is 29.6 Å². The van der Waals surface area contributed by atoms with E-state index in [1.165, 1.54) is 12.1 Å². The molecule has 0 saturated carbocycles. The number of pyridine rings is 1. The van der Waals surface area contributed by atoms with E-state index >= 15 is 0 Å². The lowest BCUT2D eigenvalue weighted by Crippen LogP contribution is -2.13. The van der Waals surface area contributed by atoms with Crippen LogP contribution >= 0.6 is 11.6 Å². The average molecular weight is 485 g/mol. The zero-order valence-corrected chi connectivity index (χ0v) is 19.3. The number of aromatic nitrogens is 3. The van der Waals surface area contributed by atoms with Gasteiger partial charge in [-0.05, 0) is 55.8 Å². The molecule has 4 rings (SSSR count). The lowest BCUT2D eigenvalue weighted by molar-refractivity contribution is 0.0691. The smallest absolute Gasteiger partial charge is 0.356 e. The zero-order chi connectivity index (χ0) is 25.1. The van der Waals surface area contributed by atoms with Gasteiger partial charge in [0, 0.05) is 5.56 Å². The van der Waals surface area contributed by atoms with Crippen LogP contribution in [0.2, 0.25) is 5.15 Å². The molecule has 0 bridgehead atoms. The van der Waals surface area contributed by atoms with Crippen molar-refractivity contribution in [2.24, 2.45) is 0 Å². The molecule has 0 unspecified atom stereocenters. The van der Waals surface area contributed by atoms with E-state index in [9.17, 15) is 15.2 Å². The predicted octanol–water partition coefficient (Wildman–Crippen LogP) is 5.39. The second kappa shape index (κ2) is 9.64. The van der Waals surface area contributed by atoms with Crippen LogP contribution in [0.5, 0.6) is 11.6 Å². The molecule has 0 saturated heterocycles. The molecule has 0 aliphatic heterocycles. The summed E-state index contributed by atoms with van der Waals surface area (Å²) in [7, 11) is 0. The largest absolute Gasteiger partial charge is 0.476 e. The van der Waals surface area contributed by atoms with E-state index in [0.717, 1.165) is 5.56 Å². The lowest BCUT2D eigenvalue weighted by atomic mass is 10.0. The Labute approximate surface area is 205 Å². The number of rotatable bonds is 6. The van der Waals surface area contributed by atoms with Crippen LogP contribution in [0.3, 0.4) is 0 Å². The molecular weight excluding hydrogens is 468 g/mol. The third-order valence-electron chi connectivity index (χ3n) is 5.10. The van der Waals surface area contributed by atoms with Crippen molar-refractivity contribution >= 4 is 34.3 Å². The number of carboxylic acid groups (broad SMARTS) is 1. The molecular formula is C25H17ClN6O3. The standard InChI is InChI=1S/C25H17ClN6O3/c1-13-8-17(14(2)29-18-6-7-21(26)31-23(18)25(33)34)22-19(9-13)30-20(12-28)24(32-22)35-16-5-3-4-15(10-16)11-27/h3-10,14,29H,1-2H3,(H,33,34)/t14-/m1/s1. The van der Waals surface area contributed by atoms with Crippen LogP contribution < -0.4 is 10.1 Å². The van der Waals surface area contributed by atoms with Gasteiger partial charge in [0.1, 0.15) is 17.0 Å². The summed E-state index contributed by atoms with van der Waals surface area (Å²) in [6, 6.07) is 16.8. The molecule has 0 aliphatic rings. The van der Waals surface area contributed by atoms with Crippen LogP contribution in [0.4, 0.5) is 5.69 Å². The van der Waals surface area contributed by atoms with Gasteiger partial charge >= 0.3 is 5.97 Å². The van der Waals surface area contributed by atoms with E-state index in [1.54, 1.807) is 30.3 Å². The second-order valence-corrected chi connectivity index (χ2v) is 8.04. The molecule has 0 amide bonds. The van der Waals surface area contributed by atoms with Gasteiger partial charge in [-0.1, -0.05) is 23.7 Å². The number of benzene rings is 2. The Morgan fingerprint density at radius 1 is 1.11 bits per heavy atom. The normalized spacial score (nSPS) is 11.3. The number of aromatic carboxylic acids is 1. The maximum absolute atomic E-state index is 11.6. The number of hydrogen-bond donors (Lipinski definition) is 2. The quantitative estimate of drug-likeness (QED) is 0.344. The maximum atomic E-state index is 11.6. The molecule has 0 fully saturated rings. The Balaban J connectivity index is 1.79. The number of aryl methyl sites for hydroxylation is 1. The minimum atomic E-state index is -1.22. The fourth-order valence-electron chi connectivity index (χ4n) is 3.56. The molecule has 4 aromatic rings. The number of carboxylic acids is 1. The summed E-state index contributed by atoms with van der Waals surface area (Å²) in [5, 5.41) is 31.5. The van der Waals surface area contributed by atoms with Crippen molar-refractivity contribution in [1.29, 1.82) is 10.5 Å². The highest BCUT2D eigenvalue weighted by Crippen LogP contribution is 2.31. The summed E-state index contributed by atoms with van der Waals surface area (Å²) in [5.74, 6) is -0.885. The first-order valence-corrected chi connectivity index (χ1v) is 10.7. The molecule has 2 aromatic carbocycles. The zero-order valence-electron chi connectivity index (χ0n) is 18.6. The molecule has 1 atom stereocenters. The molecule has 0 aliphatic carbocycles. The Morgan fingerprint density at radius 3 is 2.63 bits per heavy atom. The van der Waals surface area contributed by atoms with Crippen molar-refractivity contribution in [2.45, 2.75) is 19.9 Å². The fourth-order valence-corrected chi connectivity index (χ4v) is 3.71. The lowest BCUT2D eigenvalue weighted by Gasteiger charge is -2.19. The molecule has 172 valence electrons. The average Bonchev–Trinajstić information content (AvgIpc) is 2.84. The van der Waals surface area contributed by atoms with Gasteiger partial charge in [0.25, 0.3) is 5.88 Å². The van der Waals surface area contributed by atoms with Gasteiger partial charge in [0.15, 0.2) is 5.69 Å². The van der Waals surface area contributed by atoms with E-state index in [0.29, 0.717) is 27.9 Å². The minimum Gasteiger partial charge on any atom is -0.476 e. The van der Waals surface area contributed by atoms with Crippen molar-refractivity contribution in [3.63, 3.8) is 0 Å². The van der Waals surface area contributed by atoms with E-state index in [-0.39, 0.29) is 28.1 Å². The predicted molar refractivity (Wildman–Crippen MR) is 128 cm³/mol. The summed E-state index contributed by atoms with van der Waals surface area (Å²) in [4.78, 5) is 24.6. The second-order valence-electron chi connectivity index (χ2n) is 7.65. The third-order valence-corrected chi connectivity index (χ3v) is 5.31. The highest BCUT2D eigenvalue weighted by Gasteiger charge is 2.20. The van der Waals surface area contributed by atoms with Crippen LogP contribution in [0.1, 0.15) is 45.8 Å². The van der Waals surface area contributed by atoms with Gasteiger partial charge in [-0.15, -0.1) is 0 Å². The molecule has 9 nitrogen and oxygen atoms in total. The summed E-state index contributed by atoms with van der Waals surface area (Å²) in [6.45, 7) is 3.72. The molecule has 35 heavy (non-hydrogen) atoms. The number of halogens is 1. The summed E-state index contributed by atoms with van der Waals surface area (Å²) >= 11 is 5.87. The number of hydrogen-bond acceptors (Lipinski definition) is 8. The topological polar surface area (TPSA) is 145 Å². The van der Waals surface area contributed by atoms with E-state index < -0.39 is 12.0 Å². The number of fused-ring (bicyclic) bond motifs is 1. The number of anilines is 1. The highest BCUT2D eigenvalue weighted by atomic mass is 35.5. The molecule has 0 spiro atoms. The van der Waals surface area contributed by atoms with Gasteiger partial charge in [0.2, 0.25) is 5.69 Å². The Kier molecular flexibility index (Phi) is 6.45. The highest BCUT2D eigenvalue weighted by molar-refractivity contribution is 6.29. The fraction of sp³-hybridized carbons (Fsp3) is 0.120. The molecule has 2 heterocycles. The molecule has 10 heteroatoms. The van der Waals surface area contributed by atoms with Crippen LogP contribution in [-0.4, -0.2) is 26.0 Å². The Bertz CT molecular complexity index is 1560. The summed E-state index contributed by atoms with van der Waals surface area (Å²) < 4.78 is 5.83. The van der Waals surface area contributed by atoms with E-state index in [1.807, 2.05) is 32.1 Å². The van der Waals surface area contributed by atoms with Crippen molar-refractivity contribution < 1.29 is 14.6 Å². The van der Waals surface area contributed by atoms with Crippen molar-refractivity contribution in [3.8, 4) is 23.8 Å². The van der Waals surface area contributed by atoms with Gasteiger partial charge in [-0.3, -0.25) is 0 Å². The number of nitrogens with one attached hydrogen (secondary N) is 1. The van der Waals surface area contributed by atoms with Crippen LogP contribution in [0.15, 0.2) is 48.5 Å². The number of ether oxygens (including phenoxy) is 1. The summed E-state index contributed by atoms with van der Waals surface area (Å²) in [5.41, 5.74) is 3.01. The maximum Gasteiger partial charge on any atom is 0.356 e. The minimum absolute atomic E-state index is 0.00733. The molecule has 2 N–H and O–H groups in total. The van der Waals surface area contributed by atoms with Gasteiger partial charge in [-0.25, -0.2) is 19.7 Å². The summed E-state index contributed by atoms with van der Waals surface area (Å²) in [6.07, 6.45) is 0. The van der Waals surface area contributed by atoms with Crippen LogP contribution in [0.25, 0.3) is 11.0 Å². The van der Waals surface area contributed by atoms with Gasteiger partial charge < -0.3 is 15.2 Å². The van der Waals surface area contributed by atoms with Crippen molar-refractivity contribution in [2.75, 3.05) is 5.32 Å². The van der Waals surface area contributed by atoms with Crippen LogP contribution in [-0.2, 0) is 0 Å².